The van der Waals surface area contributed by atoms with Gasteiger partial charge in [0, 0.05) is 17.9 Å². The largest absolute Gasteiger partial charge is 0.481 e. The van der Waals surface area contributed by atoms with Gasteiger partial charge in [-0.1, -0.05) is 0 Å². The van der Waals surface area contributed by atoms with Crippen LogP contribution in [-0.2, 0) is 11.3 Å². The van der Waals surface area contributed by atoms with E-state index in [0.717, 1.165) is 12.1 Å². The number of fused-ring (bicyclic) bond motifs is 1. The number of carbonyl (C=O) groups is 2. The van der Waals surface area contributed by atoms with Gasteiger partial charge in [0.1, 0.15) is 0 Å². The Morgan fingerprint density at radius 2 is 1.94 bits per heavy atom. The average Bonchev–Trinajstić information content (AvgIpc) is 2.51. The molecule has 5 nitrogen and oxygen atoms in total. The van der Waals surface area contributed by atoms with Crippen LogP contribution in [-0.4, -0.2) is 26.7 Å². The Morgan fingerprint density at radius 1 is 1.29 bits per heavy atom. The van der Waals surface area contributed by atoms with E-state index in [1.807, 2.05) is 11.5 Å². The number of aromatic carboxylic acids is 1. The van der Waals surface area contributed by atoms with Crippen molar-refractivity contribution in [2.45, 2.75) is 39.2 Å². The van der Waals surface area contributed by atoms with Gasteiger partial charge >= 0.3 is 11.9 Å². The molecule has 0 amide bonds. The van der Waals surface area contributed by atoms with Gasteiger partial charge in [-0.25, -0.2) is 4.79 Å². The van der Waals surface area contributed by atoms with Crippen molar-refractivity contribution in [2.75, 3.05) is 0 Å². The van der Waals surface area contributed by atoms with Gasteiger partial charge in [0.05, 0.1) is 11.5 Å². The summed E-state index contributed by atoms with van der Waals surface area (Å²) in [6, 6.07) is 0. The summed E-state index contributed by atoms with van der Waals surface area (Å²) in [5.41, 5.74) is 2.19. The summed E-state index contributed by atoms with van der Waals surface area (Å²) >= 11 is 0. The van der Waals surface area contributed by atoms with Crippen LogP contribution in [0.4, 0.5) is 0 Å². The SMILES string of the molecule is Cc1c(C(=O)O)c2n(c1C)CCCC2C(=O)O. The summed E-state index contributed by atoms with van der Waals surface area (Å²) in [4.78, 5) is 22.5. The van der Waals surface area contributed by atoms with Gasteiger partial charge in [0.25, 0.3) is 0 Å². The zero-order valence-corrected chi connectivity index (χ0v) is 9.86. The van der Waals surface area contributed by atoms with Crippen LogP contribution in [0, 0.1) is 13.8 Å². The van der Waals surface area contributed by atoms with E-state index >= 15 is 0 Å². The minimum absolute atomic E-state index is 0.176. The van der Waals surface area contributed by atoms with Gasteiger partial charge in [-0.15, -0.1) is 0 Å². The van der Waals surface area contributed by atoms with Crippen LogP contribution < -0.4 is 0 Å². The molecule has 0 fully saturated rings. The van der Waals surface area contributed by atoms with E-state index < -0.39 is 17.9 Å². The van der Waals surface area contributed by atoms with Crippen molar-refractivity contribution in [1.29, 1.82) is 0 Å². The highest BCUT2D eigenvalue weighted by Crippen LogP contribution is 2.35. The molecule has 0 radical (unpaired) electrons. The van der Waals surface area contributed by atoms with Crippen molar-refractivity contribution < 1.29 is 19.8 Å². The number of carboxylic acid groups (broad SMARTS) is 2. The van der Waals surface area contributed by atoms with Crippen LogP contribution in [0.1, 0.15) is 46.1 Å². The predicted molar refractivity (Wildman–Crippen MR) is 60.5 cm³/mol. The van der Waals surface area contributed by atoms with Crippen LogP contribution in [0.5, 0.6) is 0 Å². The molecule has 5 heteroatoms. The molecule has 1 aromatic rings. The Hall–Kier alpha value is -1.78. The summed E-state index contributed by atoms with van der Waals surface area (Å²) in [6.45, 7) is 4.29. The molecule has 92 valence electrons. The number of aliphatic carboxylic acids is 1. The fourth-order valence-corrected chi connectivity index (χ4v) is 2.64. The van der Waals surface area contributed by atoms with E-state index in [1.165, 1.54) is 0 Å². The topological polar surface area (TPSA) is 79.5 Å². The first-order valence-electron chi connectivity index (χ1n) is 5.60. The van der Waals surface area contributed by atoms with E-state index in [1.54, 1.807) is 6.92 Å². The Kier molecular flexibility index (Phi) is 2.69. The zero-order chi connectivity index (χ0) is 12.7. The molecule has 0 spiro atoms. The molecule has 2 rings (SSSR count). The Labute approximate surface area is 98.7 Å². The lowest BCUT2D eigenvalue weighted by Gasteiger charge is -2.23. The van der Waals surface area contributed by atoms with Crippen LogP contribution in [0.2, 0.25) is 0 Å². The predicted octanol–water partition coefficient (Wildman–Crippen LogP) is 1.77. The lowest BCUT2D eigenvalue weighted by molar-refractivity contribution is -0.139. The first-order valence-corrected chi connectivity index (χ1v) is 5.60. The number of hydrogen-bond donors (Lipinski definition) is 2. The lowest BCUT2D eigenvalue weighted by Crippen LogP contribution is -2.24. The van der Waals surface area contributed by atoms with Gasteiger partial charge in [0.15, 0.2) is 0 Å². The molecule has 1 aliphatic rings. The van der Waals surface area contributed by atoms with Crippen LogP contribution in [0.25, 0.3) is 0 Å². The molecule has 2 N–H and O–H groups in total. The summed E-state index contributed by atoms with van der Waals surface area (Å²) in [6.07, 6.45) is 1.29. The number of nitrogens with zero attached hydrogens (tertiary/aromatic N) is 1. The summed E-state index contributed by atoms with van der Waals surface area (Å²) in [7, 11) is 0. The molecule has 17 heavy (non-hydrogen) atoms. The number of aromatic nitrogens is 1. The molecule has 1 atom stereocenters. The third-order valence-corrected chi connectivity index (χ3v) is 3.59. The quantitative estimate of drug-likeness (QED) is 0.821. The van der Waals surface area contributed by atoms with E-state index in [0.29, 0.717) is 24.2 Å². The maximum absolute atomic E-state index is 11.3. The maximum atomic E-state index is 11.3. The van der Waals surface area contributed by atoms with E-state index in [2.05, 4.69) is 0 Å². The lowest BCUT2D eigenvalue weighted by atomic mass is 9.93. The zero-order valence-electron chi connectivity index (χ0n) is 9.86. The second-order valence-electron chi connectivity index (χ2n) is 4.46. The minimum Gasteiger partial charge on any atom is -0.481 e. The van der Waals surface area contributed by atoms with Crippen molar-refractivity contribution in [2.24, 2.45) is 0 Å². The third-order valence-electron chi connectivity index (χ3n) is 3.59. The summed E-state index contributed by atoms with van der Waals surface area (Å²) in [5.74, 6) is -2.67. The average molecular weight is 237 g/mol. The van der Waals surface area contributed by atoms with Gasteiger partial charge in [-0.05, 0) is 32.3 Å². The Bertz CT molecular complexity index is 501. The van der Waals surface area contributed by atoms with Gasteiger partial charge < -0.3 is 14.8 Å². The maximum Gasteiger partial charge on any atom is 0.337 e. The standard InChI is InChI=1S/C12H15NO4/c1-6-7(2)13-5-3-4-8(11(14)15)10(13)9(6)12(16)17/h8H,3-5H2,1-2H3,(H,14,15)(H,16,17). The molecule has 0 saturated carbocycles. The van der Waals surface area contributed by atoms with E-state index in [4.69, 9.17) is 0 Å². The smallest absolute Gasteiger partial charge is 0.337 e. The van der Waals surface area contributed by atoms with Crippen molar-refractivity contribution >= 4 is 11.9 Å². The van der Waals surface area contributed by atoms with Gasteiger partial charge in [0.2, 0.25) is 0 Å². The summed E-state index contributed by atoms with van der Waals surface area (Å²) < 4.78 is 1.85. The fourth-order valence-electron chi connectivity index (χ4n) is 2.64. The fraction of sp³-hybridized carbons (Fsp3) is 0.500. The van der Waals surface area contributed by atoms with Gasteiger partial charge in [-0.2, -0.15) is 0 Å². The Morgan fingerprint density at radius 3 is 2.47 bits per heavy atom. The van der Waals surface area contributed by atoms with Crippen LogP contribution in [0.15, 0.2) is 0 Å². The summed E-state index contributed by atoms with van der Waals surface area (Å²) in [5, 5.41) is 18.4. The highest BCUT2D eigenvalue weighted by atomic mass is 16.4. The molecule has 1 aliphatic heterocycles. The normalized spacial score (nSPS) is 18.8. The number of carboxylic acids is 2. The van der Waals surface area contributed by atoms with Crippen molar-refractivity contribution in [1.82, 2.24) is 4.57 Å². The molecular formula is C12H15NO4. The van der Waals surface area contributed by atoms with Crippen LogP contribution >= 0.6 is 0 Å². The second-order valence-corrected chi connectivity index (χ2v) is 4.46. The van der Waals surface area contributed by atoms with Gasteiger partial charge in [-0.3, -0.25) is 4.79 Å². The van der Waals surface area contributed by atoms with E-state index in [-0.39, 0.29) is 5.56 Å². The van der Waals surface area contributed by atoms with E-state index in [9.17, 15) is 19.8 Å². The minimum atomic E-state index is -1.03. The number of hydrogen-bond acceptors (Lipinski definition) is 2. The molecular weight excluding hydrogens is 222 g/mol. The molecule has 0 saturated heterocycles. The highest BCUT2D eigenvalue weighted by molar-refractivity contribution is 5.94. The molecule has 1 unspecified atom stereocenters. The molecule has 0 bridgehead atoms. The molecule has 1 aromatic heterocycles. The van der Waals surface area contributed by atoms with Crippen molar-refractivity contribution in [3.63, 3.8) is 0 Å². The first kappa shape index (κ1) is 11.7. The second kappa shape index (κ2) is 3.91. The number of rotatable bonds is 2. The molecule has 0 aliphatic carbocycles. The van der Waals surface area contributed by atoms with Crippen LogP contribution in [0.3, 0.4) is 0 Å². The molecule has 0 aromatic carbocycles. The van der Waals surface area contributed by atoms with Crippen molar-refractivity contribution in [3.05, 3.63) is 22.5 Å². The van der Waals surface area contributed by atoms with Crippen molar-refractivity contribution in [3.8, 4) is 0 Å². The monoisotopic (exact) mass is 237 g/mol. The Balaban J connectivity index is 2.70. The first-order chi connectivity index (χ1) is 7.95. The third kappa shape index (κ3) is 1.62. The highest BCUT2D eigenvalue weighted by Gasteiger charge is 2.34. The molecule has 2 heterocycles.